The summed E-state index contributed by atoms with van der Waals surface area (Å²) < 4.78 is 22.5. The van der Waals surface area contributed by atoms with Crippen LogP contribution in [0.1, 0.15) is 18.5 Å². The average molecular weight is 243 g/mol. The lowest BCUT2D eigenvalue weighted by Gasteiger charge is -2.19. The third-order valence-electron chi connectivity index (χ3n) is 2.46. The highest BCUT2D eigenvalue weighted by Gasteiger charge is 2.15. The number of aliphatic hydroxyl groups is 1. The summed E-state index contributed by atoms with van der Waals surface area (Å²) in [4.78, 5) is 0.289. The Morgan fingerprint density at radius 3 is 2.06 bits per heavy atom. The highest BCUT2D eigenvalue weighted by Crippen LogP contribution is 2.18. The number of likely N-dealkylation sites (N-methyl/N-ethyl adjacent to an activating group) is 1. The fourth-order valence-corrected chi connectivity index (χ4v) is 2.24. The van der Waals surface area contributed by atoms with Gasteiger partial charge in [-0.05, 0) is 31.7 Å². The molecule has 0 fully saturated rings. The fourth-order valence-electron chi connectivity index (χ4n) is 1.61. The van der Waals surface area contributed by atoms with E-state index >= 15 is 0 Å². The first-order valence-electron chi connectivity index (χ1n) is 5.01. The zero-order valence-corrected chi connectivity index (χ0v) is 10.5. The molecule has 0 saturated heterocycles. The quantitative estimate of drug-likeness (QED) is 0.818. The number of hydrogen-bond acceptors (Lipinski definition) is 4. The lowest BCUT2D eigenvalue weighted by atomic mass is 10.0. The molecule has 0 aliphatic rings. The Balaban J connectivity index is 3.03. The molecule has 2 N–H and O–H groups in total. The van der Waals surface area contributed by atoms with E-state index in [-0.39, 0.29) is 10.9 Å². The first kappa shape index (κ1) is 13.2. The molecule has 0 aromatic heterocycles. The summed E-state index contributed by atoms with van der Waals surface area (Å²) in [6, 6.07) is 6.34. The van der Waals surface area contributed by atoms with Gasteiger partial charge in [0.2, 0.25) is 0 Å². The molecule has 16 heavy (non-hydrogen) atoms. The van der Waals surface area contributed by atoms with Gasteiger partial charge in [-0.2, -0.15) is 0 Å². The zero-order valence-electron chi connectivity index (χ0n) is 9.64. The van der Waals surface area contributed by atoms with Gasteiger partial charge in [0, 0.05) is 6.26 Å². The minimum absolute atomic E-state index is 0.186. The molecule has 0 spiro atoms. The summed E-state index contributed by atoms with van der Waals surface area (Å²) in [5.74, 6) is 0. The van der Waals surface area contributed by atoms with Crippen LogP contribution in [0.15, 0.2) is 29.2 Å². The summed E-state index contributed by atoms with van der Waals surface area (Å²) >= 11 is 0. The minimum atomic E-state index is -3.16. The van der Waals surface area contributed by atoms with E-state index in [1.807, 2.05) is 0 Å². The molecular formula is C11H17NO3S. The zero-order chi connectivity index (χ0) is 12.3. The topological polar surface area (TPSA) is 66.4 Å². The second-order valence-electron chi connectivity index (χ2n) is 3.85. The van der Waals surface area contributed by atoms with Crippen LogP contribution in [0.2, 0.25) is 0 Å². The maximum atomic E-state index is 11.3. The molecule has 1 aromatic carbocycles. The Labute approximate surface area is 96.2 Å². The third-order valence-corrected chi connectivity index (χ3v) is 3.59. The molecule has 0 amide bonds. The molecule has 2 atom stereocenters. The Kier molecular flexibility index (Phi) is 4.07. The molecule has 0 aliphatic carbocycles. The second-order valence-corrected chi connectivity index (χ2v) is 5.86. The van der Waals surface area contributed by atoms with Crippen molar-refractivity contribution in [3.8, 4) is 0 Å². The summed E-state index contributed by atoms with van der Waals surface area (Å²) in [7, 11) is -1.40. The van der Waals surface area contributed by atoms with E-state index < -0.39 is 15.9 Å². The van der Waals surface area contributed by atoms with Gasteiger partial charge in [0.25, 0.3) is 0 Å². The lowest BCUT2D eigenvalue weighted by Crippen LogP contribution is -2.26. The first-order valence-corrected chi connectivity index (χ1v) is 6.90. The number of nitrogens with one attached hydrogen (secondary N) is 1. The Hall–Kier alpha value is -0.910. The highest BCUT2D eigenvalue weighted by atomic mass is 32.2. The van der Waals surface area contributed by atoms with Crippen LogP contribution in [0.25, 0.3) is 0 Å². The van der Waals surface area contributed by atoms with Crippen molar-refractivity contribution >= 4 is 9.84 Å². The highest BCUT2D eigenvalue weighted by molar-refractivity contribution is 7.90. The summed E-state index contributed by atoms with van der Waals surface area (Å²) in [6.07, 6.45) is 0.640. The van der Waals surface area contributed by atoms with Gasteiger partial charge in [-0.1, -0.05) is 12.1 Å². The van der Waals surface area contributed by atoms with Crippen LogP contribution in [-0.4, -0.2) is 32.9 Å². The number of rotatable bonds is 4. The smallest absolute Gasteiger partial charge is 0.175 e. The van der Waals surface area contributed by atoms with Crippen molar-refractivity contribution in [2.24, 2.45) is 0 Å². The molecule has 4 nitrogen and oxygen atoms in total. The van der Waals surface area contributed by atoms with Gasteiger partial charge in [-0.25, -0.2) is 8.42 Å². The van der Waals surface area contributed by atoms with Crippen LogP contribution in [0.4, 0.5) is 0 Å². The second kappa shape index (κ2) is 4.95. The van der Waals surface area contributed by atoms with Crippen molar-refractivity contribution < 1.29 is 13.5 Å². The van der Waals surface area contributed by atoms with E-state index in [0.29, 0.717) is 0 Å². The van der Waals surface area contributed by atoms with Crippen LogP contribution in [0.5, 0.6) is 0 Å². The Bertz CT molecular complexity index is 437. The standard InChI is InChI=1S/C11H17NO3S/c1-8(13)11(12-2)9-4-6-10(7-5-9)16(3,14)15/h4-8,11-13H,1-3H3. The van der Waals surface area contributed by atoms with Crippen LogP contribution >= 0.6 is 0 Å². The molecule has 0 aliphatic heterocycles. The van der Waals surface area contributed by atoms with E-state index in [2.05, 4.69) is 5.32 Å². The van der Waals surface area contributed by atoms with E-state index in [1.54, 1.807) is 38.2 Å². The van der Waals surface area contributed by atoms with Gasteiger partial charge in [-0.3, -0.25) is 0 Å². The largest absolute Gasteiger partial charge is 0.391 e. The van der Waals surface area contributed by atoms with Crippen molar-refractivity contribution in [3.05, 3.63) is 29.8 Å². The maximum absolute atomic E-state index is 11.3. The van der Waals surface area contributed by atoms with Crippen molar-refractivity contribution in [2.45, 2.75) is 24.0 Å². The number of aliphatic hydroxyl groups excluding tert-OH is 1. The van der Waals surface area contributed by atoms with E-state index in [4.69, 9.17) is 0 Å². The number of sulfone groups is 1. The normalized spacial score (nSPS) is 15.8. The van der Waals surface area contributed by atoms with Crippen molar-refractivity contribution in [2.75, 3.05) is 13.3 Å². The van der Waals surface area contributed by atoms with Crippen LogP contribution in [0, 0.1) is 0 Å². The van der Waals surface area contributed by atoms with E-state index in [9.17, 15) is 13.5 Å². The molecule has 1 aromatic rings. The summed E-state index contributed by atoms with van der Waals surface area (Å²) in [6.45, 7) is 1.69. The lowest BCUT2D eigenvalue weighted by molar-refractivity contribution is 0.150. The van der Waals surface area contributed by atoms with E-state index in [0.717, 1.165) is 5.56 Å². The molecule has 0 radical (unpaired) electrons. The van der Waals surface area contributed by atoms with Gasteiger partial charge < -0.3 is 10.4 Å². The van der Waals surface area contributed by atoms with Crippen molar-refractivity contribution in [1.29, 1.82) is 0 Å². The fraction of sp³-hybridized carbons (Fsp3) is 0.455. The monoisotopic (exact) mass is 243 g/mol. The van der Waals surface area contributed by atoms with Gasteiger partial charge in [0.05, 0.1) is 17.0 Å². The van der Waals surface area contributed by atoms with Gasteiger partial charge in [0.15, 0.2) is 9.84 Å². The molecule has 0 bridgehead atoms. The van der Waals surface area contributed by atoms with Crippen LogP contribution in [-0.2, 0) is 9.84 Å². The molecule has 5 heteroatoms. The molecule has 0 saturated carbocycles. The predicted octanol–water partition coefficient (Wildman–Crippen LogP) is 0.731. The summed E-state index contributed by atoms with van der Waals surface area (Å²) in [5.41, 5.74) is 0.866. The molecule has 90 valence electrons. The van der Waals surface area contributed by atoms with E-state index in [1.165, 1.54) is 6.26 Å². The SMILES string of the molecule is CNC(c1ccc(S(C)(=O)=O)cc1)C(C)O. The van der Waals surface area contributed by atoms with Gasteiger partial charge in [-0.15, -0.1) is 0 Å². The Morgan fingerprint density at radius 1 is 1.25 bits per heavy atom. The van der Waals surface area contributed by atoms with Crippen LogP contribution < -0.4 is 5.32 Å². The summed E-state index contributed by atoms with van der Waals surface area (Å²) in [5, 5.41) is 12.5. The van der Waals surface area contributed by atoms with Gasteiger partial charge >= 0.3 is 0 Å². The van der Waals surface area contributed by atoms with Gasteiger partial charge in [0.1, 0.15) is 0 Å². The predicted molar refractivity (Wildman–Crippen MR) is 63.0 cm³/mol. The molecule has 2 unspecified atom stereocenters. The molecule has 0 heterocycles. The Morgan fingerprint density at radius 2 is 1.75 bits per heavy atom. The molecular weight excluding hydrogens is 226 g/mol. The number of hydrogen-bond donors (Lipinski definition) is 2. The third kappa shape index (κ3) is 3.04. The minimum Gasteiger partial charge on any atom is -0.391 e. The maximum Gasteiger partial charge on any atom is 0.175 e. The van der Waals surface area contributed by atoms with Crippen molar-refractivity contribution in [3.63, 3.8) is 0 Å². The van der Waals surface area contributed by atoms with Crippen LogP contribution in [0.3, 0.4) is 0 Å². The number of benzene rings is 1. The van der Waals surface area contributed by atoms with Crippen molar-refractivity contribution in [1.82, 2.24) is 5.32 Å². The molecule has 1 rings (SSSR count). The first-order chi connectivity index (χ1) is 7.36. The average Bonchev–Trinajstić information content (AvgIpc) is 2.17.